The van der Waals surface area contributed by atoms with E-state index in [1.807, 2.05) is 33.8 Å². The molecule has 2 rings (SSSR count). The van der Waals surface area contributed by atoms with Crippen molar-refractivity contribution in [1.82, 2.24) is 5.32 Å². The summed E-state index contributed by atoms with van der Waals surface area (Å²) >= 11 is 0. The summed E-state index contributed by atoms with van der Waals surface area (Å²) in [6.07, 6.45) is 0.00972. The highest BCUT2D eigenvalue weighted by Gasteiger charge is 2.42. The molecule has 132 valence electrons. The fourth-order valence-electron chi connectivity index (χ4n) is 3.28. The largest absolute Gasteiger partial charge is 0.413 e. The number of aliphatic hydroxyl groups excluding tert-OH is 1. The molecule has 1 aliphatic rings. The van der Waals surface area contributed by atoms with Gasteiger partial charge in [0.05, 0.1) is 12.1 Å². The molecule has 1 aliphatic carbocycles. The van der Waals surface area contributed by atoms with Crippen LogP contribution in [0.3, 0.4) is 0 Å². The molecular weight excluding hydrogens is 306 g/mol. The average Bonchev–Trinajstić information content (AvgIpc) is 2.83. The lowest BCUT2D eigenvalue weighted by atomic mass is 9.78. The Labute approximate surface area is 143 Å². The zero-order valence-corrected chi connectivity index (χ0v) is 14.8. The zero-order chi connectivity index (χ0) is 17.9. The van der Waals surface area contributed by atoms with Crippen LogP contribution in [0.2, 0.25) is 0 Å². The average molecular weight is 333 g/mol. The van der Waals surface area contributed by atoms with Crippen LogP contribution >= 0.6 is 0 Å². The first-order valence-corrected chi connectivity index (χ1v) is 8.43. The van der Waals surface area contributed by atoms with Gasteiger partial charge in [-0.2, -0.15) is 0 Å². The highest BCUT2D eigenvalue weighted by atomic mass is 16.6. The van der Waals surface area contributed by atoms with Crippen LogP contribution in [0, 0.1) is 17.3 Å². The minimum atomic E-state index is -0.661. The third-order valence-corrected chi connectivity index (χ3v) is 4.59. The summed E-state index contributed by atoms with van der Waals surface area (Å²) in [5.41, 5.74) is -0.444. The van der Waals surface area contributed by atoms with Gasteiger partial charge >= 0.3 is 6.09 Å². The number of Topliss-reactive ketones (excluding diaryl/α,β-unsaturated/α-hetero) is 1. The van der Waals surface area contributed by atoms with E-state index in [4.69, 9.17) is 4.74 Å². The van der Waals surface area contributed by atoms with E-state index in [0.717, 1.165) is 0 Å². The number of hydrogen-bond donors (Lipinski definition) is 2. The number of para-hydroxylation sites is 1. The minimum absolute atomic E-state index is 0.0310. The molecule has 4 atom stereocenters. The predicted octanol–water partition coefficient (Wildman–Crippen LogP) is 3.17. The van der Waals surface area contributed by atoms with Gasteiger partial charge in [-0.3, -0.25) is 4.79 Å². The van der Waals surface area contributed by atoms with Crippen molar-refractivity contribution in [2.45, 2.75) is 52.7 Å². The predicted molar refractivity (Wildman–Crippen MR) is 91.7 cm³/mol. The molecule has 0 saturated heterocycles. The molecule has 0 bridgehead atoms. The van der Waals surface area contributed by atoms with Crippen molar-refractivity contribution in [2.24, 2.45) is 17.3 Å². The van der Waals surface area contributed by atoms with E-state index in [1.165, 1.54) is 0 Å². The number of ketones is 1. The number of carbonyl (C=O) groups is 2. The van der Waals surface area contributed by atoms with Crippen molar-refractivity contribution in [3.05, 3.63) is 30.3 Å². The summed E-state index contributed by atoms with van der Waals surface area (Å²) in [4.78, 5) is 25.2. The Morgan fingerprint density at radius 3 is 2.33 bits per heavy atom. The second-order valence-electron chi connectivity index (χ2n) is 7.76. The van der Waals surface area contributed by atoms with E-state index in [2.05, 4.69) is 5.32 Å². The zero-order valence-electron chi connectivity index (χ0n) is 14.8. The van der Waals surface area contributed by atoms with E-state index in [-0.39, 0.29) is 17.6 Å². The van der Waals surface area contributed by atoms with Gasteiger partial charge < -0.3 is 15.2 Å². The fraction of sp³-hybridized carbons (Fsp3) is 0.579. The summed E-state index contributed by atoms with van der Waals surface area (Å²) in [5, 5.41) is 12.5. The number of carbonyl (C=O) groups excluding carboxylic acids is 2. The Morgan fingerprint density at radius 2 is 1.83 bits per heavy atom. The molecule has 0 aliphatic heterocycles. The Morgan fingerprint density at radius 1 is 1.21 bits per heavy atom. The van der Waals surface area contributed by atoms with Crippen LogP contribution < -0.4 is 10.1 Å². The molecule has 24 heavy (non-hydrogen) atoms. The molecule has 1 fully saturated rings. The lowest BCUT2D eigenvalue weighted by Crippen LogP contribution is -2.52. The Hall–Kier alpha value is -1.88. The molecule has 1 aromatic rings. The Balaban J connectivity index is 2.08. The van der Waals surface area contributed by atoms with Gasteiger partial charge in [0.25, 0.3) is 0 Å². The third-order valence-electron chi connectivity index (χ3n) is 4.59. The van der Waals surface area contributed by atoms with Gasteiger partial charge in [-0.25, -0.2) is 4.79 Å². The van der Waals surface area contributed by atoms with Crippen LogP contribution in [0.15, 0.2) is 30.3 Å². The van der Waals surface area contributed by atoms with Crippen LogP contribution in [0.25, 0.3) is 0 Å². The molecule has 1 aromatic carbocycles. The van der Waals surface area contributed by atoms with E-state index in [9.17, 15) is 14.7 Å². The fourth-order valence-corrected chi connectivity index (χ4v) is 3.28. The van der Waals surface area contributed by atoms with E-state index in [0.29, 0.717) is 18.6 Å². The Kier molecular flexibility index (Phi) is 5.65. The summed E-state index contributed by atoms with van der Waals surface area (Å²) in [6.45, 7) is 7.71. The van der Waals surface area contributed by atoms with E-state index >= 15 is 0 Å². The van der Waals surface area contributed by atoms with E-state index < -0.39 is 23.7 Å². The maximum Gasteiger partial charge on any atom is 0.413 e. The molecular formula is C19H27NO4. The second-order valence-corrected chi connectivity index (χ2v) is 7.76. The molecule has 0 aromatic heterocycles. The smallest absolute Gasteiger partial charge is 0.410 e. The molecule has 2 N–H and O–H groups in total. The van der Waals surface area contributed by atoms with Gasteiger partial charge in [-0.15, -0.1) is 0 Å². The van der Waals surface area contributed by atoms with Gasteiger partial charge in [0.15, 0.2) is 5.78 Å². The topological polar surface area (TPSA) is 75.6 Å². The number of aliphatic hydroxyl groups is 1. The van der Waals surface area contributed by atoms with Crippen LogP contribution in [0.5, 0.6) is 5.75 Å². The minimum Gasteiger partial charge on any atom is -0.410 e. The standard InChI is InChI=1S/C19H27NO4/c1-12-10-13(21)11-15(12)16(22)17(19(2,3)4)20-18(23)24-14-8-6-5-7-9-14/h5-9,12-13,15,17,21H,10-11H2,1-4H3,(H,20,23)/t12-,13-,15?,17-/m1/s1. The van der Waals surface area contributed by atoms with Gasteiger partial charge in [-0.05, 0) is 36.3 Å². The van der Waals surface area contributed by atoms with Crippen LogP contribution in [0.1, 0.15) is 40.5 Å². The number of rotatable bonds is 4. The molecule has 0 radical (unpaired) electrons. The monoisotopic (exact) mass is 333 g/mol. The van der Waals surface area contributed by atoms with Crippen molar-refractivity contribution < 1.29 is 19.4 Å². The quantitative estimate of drug-likeness (QED) is 0.887. The first kappa shape index (κ1) is 18.5. The second kappa shape index (κ2) is 7.34. The third kappa shape index (κ3) is 4.57. The lowest BCUT2D eigenvalue weighted by molar-refractivity contribution is -0.128. The first-order valence-electron chi connectivity index (χ1n) is 8.43. The van der Waals surface area contributed by atoms with Crippen LogP contribution in [-0.4, -0.2) is 29.1 Å². The van der Waals surface area contributed by atoms with Crippen LogP contribution in [0.4, 0.5) is 4.79 Å². The summed E-state index contributed by atoms with van der Waals surface area (Å²) in [6, 6.07) is 8.09. The van der Waals surface area contributed by atoms with Gasteiger partial charge in [0.1, 0.15) is 5.75 Å². The molecule has 0 heterocycles. The molecule has 1 unspecified atom stereocenters. The van der Waals surface area contributed by atoms with Crippen LogP contribution in [-0.2, 0) is 4.79 Å². The molecule has 1 saturated carbocycles. The number of nitrogens with one attached hydrogen (secondary N) is 1. The molecule has 0 spiro atoms. The lowest BCUT2D eigenvalue weighted by Gasteiger charge is -2.32. The summed E-state index contributed by atoms with van der Waals surface area (Å²) in [7, 11) is 0. The van der Waals surface area contributed by atoms with Crippen molar-refractivity contribution in [3.8, 4) is 5.75 Å². The van der Waals surface area contributed by atoms with Gasteiger partial charge in [-0.1, -0.05) is 45.9 Å². The van der Waals surface area contributed by atoms with Gasteiger partial charge in [0.2, 0.25) is 0 Å². The molecule has 5 nitrogen and oxygen atoms in total. The number of benzene rings is 1. The first-order chi connectivity index (χ1) is 11.2. The number of hydrogen-bond acceptors (Lipinski definition) is 4. The number of ether oxygens (including phenoxy) is 1. The van der Waals surface area contributed by atoms with Crippen molar-refractivity contribution >= 4 is 11.9 Å². The maximum atomic E-state index is 13.0. The SMILES string of the molecule is C[C@@H]1C[C@@H](O)CC1C(=O)[C@@H](NC(=O)Oc1ccccc1)C(C)(C)C. The highest BCUT2D eigenvalue weighted by Crippen LogP contribution is 2.35. The van der Waals surface area contributed by atoms with Gasteiger partial charge in [0, 0.05) is 5.92 Å². The Bertz CT molecular complexity index is 579. The maximum absolute atomic E-state index is 13.0. The highest BCUT2D eigenvalue weighted by molar-refractivity contribution is 5.90. The normalized spacial score (nSPS) is 25.1. The van der Waals surface area contributed by atoms with Crippen molar-refractivity contribution in [2.75, 3.05) is 0 Å². The summed E-state index contributed by atoms with van der Waals surface area (Å²) in [5.74, 6) is 0.280. The van der Waals surface area contributed by atoms with Crippen molar-refractivity contribution in [3.63, 3.8) is 0 Å². The van der Waals surface area contributed by atoms with E-state index in [1.54, 1.807) is 24.3 Å². The number of amides is 1. The molecule has 1 amide bonds. The van der Waals surface area contributed by atoms with Crippen molar-refractivity contribution in [1.29, 1.82) is 0 Å². The summed E-state index contributed by atoms with van der Waals surface area (Å²) < 4.78 is 5.25. The molecule has 5 heteroatoms.